The van der Waals surface area contributed by atoms with Crippen LogP contribution in [0.15, 0.2) is 48.0 Å². The van der Waals surface area contributed by atoms with Gasteiger partial charge in [0.05, 0.1) is 5.69 Å². The van der Waals surface area contributed by atoms with Crippen LogP contribution in [0.4, 0.5) is 16.2 Å². The minimum absolute atomic E-state index is 0.0536. The number of carbonyl (C=O) groups is 3. The normalized spacial score (nSPS) is 18.9. The molecule has 4 rings (SSSR count). The van der Waals surface area contributed by atoms with E-state index in [9.17, 15) is 14.4 Å². The average Bonchev–Trinajstić information content (AvgIpc) is 3.02. The van der Waals surface area contributed by atoms with Crippen LogP contribution in [0.5, 0.6) is 0 Å². The molecule has 2 aromatic rings. The fraction of sp³-hybridized carbons (Fsp3) is 0.320. The van der Waals surface area contributed by atoms with Gasteiger partial charge in [0.25, 0.3) is 11.8 Å². The zero-order chi connectivity index (χ0) is 22.0. The summed E-state index contributed by atoms with van der Waals surface area (Å²) in [5.74, 6) is -1.29. The van der Waals surface area contributed by atoms with E-state index in [0.29, 0.717) is 5.69 Å². The van der Waals surface area contributed by atoms with Crippen molar-refractivity contribution >= 4 is 35.3 Å². The third-order valence-corrected chi connectivity index (χ3v) is 5.87. The molecule has 0 unspecified atom stereocenters. The number of nitrogens with zero attached hydrogens (tertiary/aromatic N) is 2. The molecule has 0 bridgehead atoms. The molecule has 6 heteroatoms. The average molecular weight is 418 g/mol. The van der Waals surface area contributed by atoms with Crippen LogP contribution < -0.4 is 15.1 Å². The van der Waals surface area contributed by atoms with E-state index in [0.717, 1.165) is 40.4 Å². The molecule has 0 aromatic heterocycles. The Bertz CT molecular complexity index is 1050. The number of imide groups is 2. The SMILES string of the molecule is Cc1ccc(N2C(=O)NC(=O)C(=Cc3ccc(N4CCCCCC4)cc3)C2=O)c(C)c1. The number of nitrogens with one attached hydrogen (secondary N) is 1. The maximum atomic E-state index is 13.1. The van der Waals surface area contributed by atoms with Crippen LogP contribution >= 0.6 is 0 Å². The van der Waals surface area contributed by atoms with E-state index in [1.54, 1.807) is 12.1 Å². The molecule has 0 atom stereocenters. The minimum atomic E-state index is -0.726. The maximum Gasteiger partial charge on any atom is 0.335 e. The molecule has 160 valence electrons. The van der Waals surface area contributed by atoms with Crippen molar-refractivity contribution in [1.29, 1.82) is 0 Å². The molecule has 0 aliphatic carbocycles. The molecule has 1 N–H and O–H groups in total. The molecule has 6 nitrogen and oxygen atoms in total. The molecule has 0 radical (unpaired) electrons. The lowest BCUT2D eigenvalue weighted by Gasteiger charge is -2.27. The Labute approximate surface area is 182 Å². The quantitative estimate of drug-likeness (QED) is 0.595. The van der Waals surface area contributed by atoms with Gasteiger partial charge in [-0.2, -0.15) is 0 Å². The molecule has 4 amide bonds. The van der Waals surface area contributed by atoms with Gasteiger partial charge in [-0.15, -0.1) is 0 Å². The van der Waals surface area contributed by atoms with E-state index in [-0.39, 0.29) is 5.57 Å². The van der Waals surface area contributed by atoms with Crippen LogP contribution in [0.3, 0.4) is 0 Å². The van der Waals surface area contributed by atoms with Gasteiger partial charge in [-0.25, -0.2) is 9.69 Å². The summed E-state index contributed by atoms with van der Waals surface area (Å²) in [6.45, 7) is 5.88. The van der Waals surface area contributed by atoms with Crippen molar-refractivity contribution in [2.75, 3.05) is 22.9 Å². The van der Waals surface area contributed by atoms with Crippen molar-refractivity contribution in [3.05, 3.63) is 64.7 Å². The lowest BCUT2D eigenvalue weighted by Crippen LogP contribution is -2.54. The molecule has 2 aromatic carbocycles. The zero-order valence-corrected chi connectivity index (χ0v) is 18.0. The first kappa shape index (κ1) is 20.8. The van der Waals surface area contributed by atoms with E-state index in [4.69, 9.17) is 0 Å². The summed E-state index contributed by atoms with van der Waals surface area (Å²) in [5, 5.41) is 2.29. The number of benzene rings is 2. The lowest BCUT2D eigenvalue weighted by atomic mass is 10.0. The fourth-order valence-corrected chi connectivity index (χ4v) is 4.21. The number of amides is 4. The van der Waals surface area contributed by atoms with Crippen LogP contribution in [-0.2, 0) is 9.59 Å². The summed E-state index contributed by atoms with van der Waals surface area (Å²) in [6.07, 6.45) is 6.49. The summed E-state index contributed by atoms with van der Waals surface area (Å²) in [7, 11) is 0. The predicted molar refractivity (Wildman–Crippen MR) is 122 cm³/mol. The van der Waals surface area contributed by atoms with Crippen LogP contribution in [-0.4, -0.2) is 30.9 Å². The van der Waals surface area contributed by atoms with E-state index >= 15 is 0 Å². The van der Waals surface area contributed by atoms with Crippen molar-refractivity contribution in [2.45, 2.75) is 39.5 Å². The van der Waals surface area contributed by atoms with Gasteiger partial charge in [0, 0.05) is 18.8 Å². The standard InChI is InChI=1S/C25H27N3O3/c1-17-7-12-22(18(2)15-17)28-24(30)21(23(29)26-25(28)31)16-19-8-10-20(11-9-19)27-13-5-3-4-6-14-27/h7-12,15-16H,3-6,13-14H2,1-2H3,(H,26,29,31). The number of carbonyl (C=O) groups excluding carboxylic acids is 3. The van der Waals surface area contributed by atoms with E-state index in [1.807, 2.05) is 50.2 Å². The minimum Gasteiger partial charge on any atom is -0.372 e. The zero-order valence-electron chi connectivity index (χ0n) is 18.0. The van der Waals surface area contributed by atoms with Gasteiger partial charge in [0.2, 0.25) is 0 Å². The number of rotatable bonds is 3. The smallest absolute Gasteiger partial charge is 0.335 e. The second-order valence-electron chi connectivity index (χ2n) is 8.24. The molecule has 0 spiro atoms. The van der Waals surface area contributed by atoms with Crippen LogP contribution in [0.25, 0.3) is 6.08 Å². The highest BCUT2D eigenvalue weighted by molar-refractivity contribution is 6.39. The molecule has 0 saturated carbocycles. The third-order valence-electron chi connectivity index (χ3n) is 5.87. The van der Waals surface area contributed by atoms with Gasteiger partial charge >= 0.3 is 6.03 Å². The van der Waals surface area contributed by atoms with Gasteiger partial charge in [0.15, 0.2) is 0 Å². The summed E-state index contributed by atoms with van der Waals surface area (Å²) in [6, 6.07) is 12.6. The first-order valence-corrected chi connectivity index (χ1v) is 10.8. The van der Waals surface area contributed by atoms with E-state index in [2.05, 4.69) is 10.2 Å². The predicted octanol–water partition coefficient (Wildman–Crippen LogP) is 4.35. The molecule has 2 aliphatic rings. The van der Waals surface area contributed by atoms with E-state index in [1.165, 1.54) is 25.7 Å². The number of hydrogen-bond donors (Lipinski definition) is 1. The number of aryl methyl sites for hydroxylation is 2. The Kier molecular flexibility index (Phi) is 5.89. The van der Waals surface area contributed by atoms with Crippen LogP contribution in [0.2, 0.25) is 0 Å². The Morgan fingerprint density at radius 1 is 0.871 bits per heavy atom. The van der Waals surface area contributed by atoms with Gasteiger partial charge < -0.3 is 4.90 Å². The summed E-state index contributed by atoms with van der Waals surface area (Å²) < 4.78 is 0. The Morgan fingerprint density at radius 3 is 2.19 bits per heavy atom. The summed E-state index contributed by atoms with van der Waals surface area (Å²) in [5.41, 5.74) is 4.13. The molecule has 31 heavy (non-hydrogen) atoms. The largest absolute Gasteiger partial charge is 0.372 e. The van der Waals surface area contributed by atoms with E-state index < -0.39 is 17.8 Å². The highest BCUT2D eigenvalue weighted by Crippen LogP contribution is 2.26. The van der Waals surface area contributed by atoms with Crippen LogP contribution in [0, 0.1) is 13.8 Å². The van der Waals surface area contributed by atoms with Crippen molar-refractivity contribution in [3.8, 4) is 0 Å². The second kappa shape index (κ2) is 8.76. The van der Waals surface area contributed by atoms with Crippen molar-refractivity contribution < 1.29 is 14.4 Å². The Morgan fingerprint density at radius 2 is 1.55 bits per heavy atom. The molecular formula is C25H27N3O3. The fourth-order valence-electron chi connectivity index (χ4n) is 4.21. The molecular weight excluding hydrogens is 390 g/mol. The first-order chi connectivity index (χ1) is 14.9. The Balaban J connectivity index is 1.61. The van der Waals surface area contributed by atoms with Crippen LogP contribution in [0.1, 0.15) is 42.4 Å². The molecule has 2 saturated heterocycles. The number of barbiturate groups is 1. The maximum absolute atomic E-state index is 13.1. The van der Waals surface area contributed by atoms with Gasteiger partial charge in [-0.3, -0.25) is 14.9 Å². The summed E-state index contributed by atoms with van der Waals surface area (Å²) in [4.78, 5) is 41.4. The molecule has 2 heterocycles. The van der Waals surface area contributed by atoms with Crippen molar-refractivity contribution in [1.82, 2.24) is 5.32 Å². The monoisotopic (exact) mass is 417 g/mol. The van der Waals surface area contributed by atoms with Gasteiger partial charge in [0.1, 0.15) is 5.57 Å². The third kappa shape index (κ3) is 4.38. The Hall–Kier alpha value is -3.41. The summed E-state index contributed by atoms with van der Waals surface area (Å²) >= 11 is 0. The molecule has 2 fully saturated rings. The highest BCUT2D eigenvalue weighted by Gasteiger charge is 2.37. The first-order valence-electron chi connectivity index (χ1n) is 10.8. The number of hydrogen-bond acceptors (Lipinski definition) is 4. The van der Waals surface area contributed by atoms with Gasteiger partial charge in [-0.05, 0) is 62.1 Å². The van der Waals surface area contributed by atoms with Crippen molar-refractivity contribution in [3.63, 3.8) is 0 Å². The second-order valence-corrected chi connectivity index (χ2v) is 8.24. The molecule has 2 aliphatic heterocycles. The van der Waals surface area contributed by atoms with Crippen molar-refractivity contribution in [2.24, 2.45) is 0 Å². The van der Waals surface area contributed by atoms with Gasteiger partial charge in [-0.1, -0.05) is 42.7 Å². The lowest BCUT2D eigenvalue weighted by molar-refractivity contribution is -0.122. The number of anilines is 2. The topological polar surface area (TPSA) is 69.7 Å². The highest BCUT2D eigenvalue weighted by atomic mass is 16.2. The number of urea groups is 1.